The van der Waals surface area contributed by atoms with Crippen molar-refractivity contribution in [3.63, 3.8) is 0 Å². The van der Waals surface area contributed by atoms with Gasteiger partial charge in [-0.15, -0.1) is 0 Å². The average Bonchev–Trinajstić information content (AvgIpc) is 2.72. The fourth-order valence-corrected chi connectivity index (χ4v) is 3.06. The van der Waals surface area contributed by atoms with E-state index in [9.17, 15) is 9.59 Å². The molecule has 0 atom stereocenters. The summed E-state index contributed by atoms with van der Waals surface area (Å²) in [6.07, 6.45) is 11.9. The zero-order valence-electron chi connectivity index (χ0n) is 19.1. The number of esters is 2. The quantitative estimate of drug-likeness (QED) is 0.152. The van der Waals surface area contributed by atoms with Gasteiger partial charge in [0.15, 0.2) is 6.61 Å². The summed E-state index contributed by atoms with van der Waals surface area (Å²) in [7, 11) is 0. The van der Waals surface area contributed by atoms with E-state index in [1.54, 1.807) is 6.07 Å². The number of ether oxygens (including phenoxy) is 2. The number of carbonyl (C=O) groups excluding carboxylic acids is 2. The maximum atomic E-state index is 11.9. The highest BCUT2D eigenvalue weighted by Crippen LogP contribution is 2.21. The highest BCUT2D eigenvalue weighted by atomic mass is 16.5. The summed E-state index contributed by atoms with van der Waals surface area (Å²) in [5.74, 6) is 5.88. The molecule has 166 valence electrons. The minimum absolute atomic E-state index is 0.128. The van der Waals surface area contributed by atoms with Crippen molar-refractivity contribution in [3.8, 4) is 17.6 Å². The van der Waals surface area contributed by atoms with Gasteiger partial charge >= 0.3 is 11.9 Å². The molecule has 4 heteroatoms. The van der Waals surface area contributed by atoms with Gasteiger partial charge in [0.25, 0.3) is 0 Å². The van der Waals surface area contributed by atoms with Gasteiger partial charge in [0.05, 0.1) is 0 Å². The first-order chi connectivity index (χ1) is 14.5. The van der Waals surface area contributed by atoms with Crippen molar-refractivity contribution >= 4 is 11.9 Å². The number of aryl methyl sites for hydroxylation is 1. The molecule has 0 saturated heterocycles. The average molecular weight is 415 g/mol. The van der Waals surface area contributed by atoms with E-state index >= 15 is 0 Å². The summed E-state index contributed by atoms with van der Waals surface area (Å²) in [5.41, 5.74) is 2.03. The minimum Gasteiger partial charge on any atom is -0.452 e. The molecule has 0 radical (unpaired) electrons. The molecule has 0 N–H and O–H groups in total. The van der Waals surface area contributed by atoms with Gasteiger partial charge in [-0.2, -0.15) is 0 Å². The maximum absolute atomic E-state index is 11.9. The first-order valence-electron chi connectivity index (χ1n) is 11.4. The Morgan fingerprint density at radius 1 is 0.833 bits per heavy atom. The molecule has 0 saturated carbocycles. The topological polar surface area (TPSA) is 52.6 Å². The van der Waals surface area contributed by atoms with E-state index in [-0.39, 0.29) is 31.4 Å². The molecule has 30 heavy (non-hydrogen) atoms. The van der Waals surface area contributed by atoms with E-state index in [1.165, 1.54) is 44.9 Å². The van der Waals surface area contributed by atoms with Crippen LogP contribution in [0.15, 0.2) is 18.2 Å². The summed E-state index contributed by atoms with van der Waals surface area (Å²) in [4.78, 5) is 23.7. The lowest BCUT2D eigenvalue weighted by Crippen LogP contribution is -2.11. The van der Waals surface area contributed by atoms with E-state index in [0.717, 1.165) is 24.0 Å². The molecule has 0 aliphatic carbocycles. The molecule has 0 heterocycles. The molecule has 0 unspecified atom stereocenters. The second kappa shape index (κ2) is 16.5. The molecule has 0 spiro atoms. The van der Waals surface area contributed by atoms with Crippen LogP contribution >= 0.6 is 0 Å². The molecule has 4 nitrogen and oxygen atoms in total. The van der Waals surface area contributed by atoms with Crippen LogP contribution in [0.4, 0.5) is 0 Å². The largest absolute Gasteiger partial charge is 0.452 e. The zero-order chi connectivity index (χ0) is 22.0. The van der Waals surface area contributed by atoms with Gasteiger partial charge in [-0.3, -0.25) is 9.59 Å². The van der Waals surface area contributed by atoms with Crippen LogP contribution in [-0.2, 0) is 14.3 Å². The fraction of sp³-hybridized carbons (Fsp3) is 0.615. The lowest BCUT2D eigenvalue weighted by molar-refractivity contribution is -0.142. The smallest absolute Gasteiger partial charge is 0.311 e. The van der Waals surface area contributed by atoms with Crippen LogP contribution in [0.25, 0.3) is 0 Å². The lowest BCUT2D eigenvalue weighted by Gasteiger charge is -2.09. The van der Waals surface area contributed by atoms with Gasteiger partial charge in [0.2, 0.25) is 0 Å². The van der Waals surface area contributed by atoms with Crippen molar-refractivity contribution in [2.24, 2.45) is 0 Å². The summed E-state index contributed by atoms with van der Waals surface area (Å²) in [6.45, 7) is 6.26. The Morgan fingerprint density at radius 3 is 2.23 bits per heavy atom. The standard InChI is InChI=1S/C26H38O4/c1-4-5-6-7-8-9-10-11-12-13-14-21-29-25(27)19-16-20-26(28)30-24-18-15-17-22(2)23(24)3/h15,17-18H,4-12,16,19-21H2,1-3H3. The van der Waals surface area contributed by atoms with E-state index in [1.807, 2.05) is 26.0 Å². The van der Waals surface area contributed by atoms with Crippen molar-refractivity contribution in [3.05, 3.63) is 29.3 Å². The SMILES string of the molecule is CCCCCCCCCCC#CCOC(=O)CCCC(=O)Oc1cccc(C)c1C. The molecular weight excluding hydrogens is 376 g/mol. The number of benzene rings is 1. The van der Waals surface area contributed by atoms with Crippen molar-refractivity contribution in [2.75, 3.05) is 6.61 Å². The lowest BCUT2D eigenvalue weighted by atomic mass is 10.1. The van der Waals surface area contributed by atoms with Crippen LogP contribution in [0.3, 0.4) is 0 Å². The molecule has 0 aliphatic heterocycles. The van der Waals surface area contributed by atoms with Crippen molar-refractivity contribution in [1.82, 2.24) is 0 Å². The molecule has 0 bridgehead atoms. The Kier molecular flexibility index (Phi) is 14.2. The molecule has 1 aromatic rings. The third kappa shape index (κ3) is 12.3. The first kappa shape index (κ1) is 25.8. The molecular formula is C26H38O4. The summed E-state index contributed by atoms with van der Waals surface area (Å²) >= 11 is 0. The van der Waals surface area contributed by atoms with Gasteiger partial charge in [-0.25, -0.2) is 0 Å². The number of unbranched alkanes of at least 4 members (excludes halogenated alkanes) is 8. The van der Waals surface area contributed by atoms with Crippen LogP contribution in [0.5, 0.6) is 5.75 Å². The minimum atomic E-state index is -0.332. The second-order valence-corrected chi connectivity index (χ2v) is 7.76. The van der Waals surface area contributed by atoms with E-state index in [2.05, 4.69) is 18.8 Å². The Labute approximate surface area is 182 Å². The Hall–Kier alpha value is -2.28. The summed E-state index contributed by atoms with van der Waals surface area (Å²) in [6, 6.07) is 5.61. The summed E-state index contributed by atoms with van der Waals surface area (Å²) in [5, 5.41) is 0. The number of hydrogen-bond acceptors (Lipinski definition) is 4. The number of carbonyl (C=O) groups is 2. The van der Waals surface area contributed by atoms with Crippen LogP contribution in [0, 0.1) is 25.7 Å². The van der Waals surface area contributed by atoms with Gasteiger partial charge in [0, 0.05) is 19.3 Å². The second-order valence-electron chi connectivity index (χ2n) is 7.76. The normalized spacial score (nSPS) is 10.2. The van der Waals surface area contributed by atoms with Crippen molar-refractivity contribution in [2.45, 2.75) is 97.8 Å². The van der Waals surface area contributed by atoms with Gasteiger partial charge in [-0.05, 0) is 43.9 Å². The van der Waals surface area contributed by atoms with E-state index in [4.69, 9.17) is 9.47 Å². The molecule has 0 amide bonds. The summed E-state index contributed by atoms with van der Waals surface area (Å²) < 4.78 is 10.5. The number of hydrogen-bond donors (Lipinski definition) is 0. The van der Waals surface area contributed by atoms with Crippen molar-refractivity contribution < 1.29 is 19.1 Å². The predicted octanol–water partition coefficient (Wildman–Crippen LogP) is 6.46. The Balaban J connectivity index is 2.03. The van der Waals surface area contributed by atoms with E-state index < -0.39 is 0 Å². The highest BCUT2D eigenvalue weighted by molar-refractivity contribution is 5.74. The molecule has 0 aliphatic rings. The molecule has 0 fully saturated rings. The Bertz CT molecular complexity index is 697. The van der Waals surface area contributed by atoms with E-state index in [0.29, 0.717) is 12.2 Å². The third-order valence-electron chi connectivity index (χ3n) is 5.13. The molecule has 1 rings (SSSR count). The molecule has 0 aromatic heterocycles. The molecule has 1 aromatic carbocycles. The Morgan fingerprint density at radius 2 is 1.50 bits per heavy atom. The highest BCUT2D eigenvalue weighted by Gasteiger charge is 2.10. The van der Waals surface area contributed by atoms with Crippen LogP contribution < -0.4 is 4.74 Å². The monoisotopic (exact) mass is 414 g/mol. The van der Waals surface area contributed by atoms with Crippen LogP contribution in [0.2, 0.25) is 0 Å². The van der Waals surface area contributed by atoms with Crippen LogP contribution in [-0.4, -0.2) is 18.5 Å². The predicted molar refractivity (Wildman–Crippen MR) is 121 cm³/mol. The van der Waals surface area contributed by atoms with Gasteiger partial charge in [0.1, 0.15) is 5.75 Å². The third-order valence-corrected chi connectivity index (χ3v) is 5.13. The zero-order valence-corrected chi connectivity index (χ0v) is 19.1. The van der Waals surface area contributed by atoms with Crippen molar-refractivity contribution in [1.29, 1.82) is 0 Å². The maximum Gasteiger partial charge on any atom is 0.311 e. The first-order valence-corrected chi connectivity index (χ1v) is 11.4. The van der Waals surface area contributed by atoms with Crippen LogP contribution in [0.1, 0.15) is 95.1 Å². The van der Waals surface area contributed by atoms with Gasteiger partial charge < -0.3 is 9.47 Å². The van der Waals surface area contributed by atoms with Gasteiger partial charge in [-0.1, -0.05) is 75.8 Å². The fourth-order valence-electron chi connectivity index (χ4n) is 3.06. The number of rotatable bonds is 14.